The third-order valence-corrected chi connectivity index (χ3v) is 3.75. The number of aryl methyl sites for hydroxylation is 1. The predicted molar refractivity (Wildman–Crippen MR) is 86.0 cm³/mol. The Hall–Kier alpha value is -2.14. The van der Waals surface area contributed by atoms with Crippen LogP contribution in [-0.4, -0.2) is 16.5 Å². The van der Waals surface area contributed by atoms with Crippen molar-refractivity contribution in [3.8, 4) is 0 Å². The molecule has 0 saturated carbocycles. The van der Waals surface area contributed by atoms with Gasteiger partial charge in [-0.3, -0.25) is 0 Å². The van der Waals surface area contributed by atoms with Crippen LogP contribution in [0.5, 0.6) is 0 Å². The molecule has 3 aromatic rings. The van der Waals surface area contributed by atoms with Crippen LogP contribution in [0.25, 0.3) is 10.2 Å². The number of thiophene rings is 1. The Labute approximate surface area is 121 Å². The topological polar surface area (TPSA) is 49.8 Å². The maximum absolute atomic E-state index is 4.56. The van der Waals surface area contributed by atoms with Crippen molar-refractivity contribution in [1.29, 1.82) is 0 Å². The molecule has 0 bridgehead atoms. The van der Waals surface area contributed by atoms with Gasteiger partial charge < -0.3 is 10.6 Å². The first-order valence-corrected chi connectivity index (χ1v) is 7.47. The second-order valence-electron chi connectivity index (χ2n) is 4.56. The monoisotopic (exact) mass is 284 g/mol. The Morgan fingerprint density at radius 1 is 1.20 bits per heavy atom. The summed E-state index contributed by atoms with van der Waals surface area (Å²) in [4.78, 5) is 10.1. The minimum atomic E-state index is 0.664. The van der Waals surface area contributed by atoms with Crippen molar-refractivity contribution in [2.24, 2.45) is 0 Å². The summed E-state index contributed by atoms with van der Waals surface area (Å²) < 4.78 is 0. The highest BCUT2D eigenvalue weighted by Gasteiger charge is 2.08. The van der Waals surface area contributed by atoms with Gasteiger partial charge in [-0.15, -0.1) is 11.3 Å². The average Bonchev–Trinajstić information content (AvgIpc) is 2.87. The first-order chi connectivity index (χ1) is 9.76. The van der Waals surface area contributed by atoms with E-state index in [0.717, 1.165) is 28.3 Å². The fourth-order valence-electron chi connectivity index (χ4n) is 2.05. The molecule has 0 atom stereocenters. The number of nitrogens with one attached hydrogen (secondary N) is 2. The van der Waals surface area contributed by atoms with Gasteiger partial charge in [0.2, 0.25) is 5.95 Å². The number of hydrogen-bond acceptors (Lipinski definition) is 5. The Kier molecular flexibility index (Phi) is 3.52. The van der Waals surface area contributed by atoms with E-state index in [9.17, 15) is 0 Å². The summed E-state index contributed by atoms with van der Waals surface area (Å²) in [6.07, 6.45) is 0. The molecule has 102 valence electrons. The maximum Gasteiger partial charge on any atom is 0.226 e. The van der Waals surface area contributed by atoms with E-state index in [1.54, 1.807) is 11.3 Å². The Balaban J connectivity index is 2.02. The van der Waals surface area contributed by atoms with Crippen molar-refractivity contribution >= 4 is 39.0 Å². The van der Waals surface area contributed by atoms with Gasteiger partial charge in [-0.2, -0.15) is 4.98 Å². The standard InChI is InChI=1S/C15H16N4S/c1-3-16-15-18-13(12-7-8-20-14(12)19-15)17-11-6-4-5-10(2)9-11/h4-9H,3H2,1-2H3,(H2,16,17,18,19). The molecule has 2 heterocycles. The number of benzene rings is 1. The van der Waals surface area contributed by atoms with Crippen LogP contribution in [0.1, 0.15) is 12.5 Å². The lowest BCUT2D eigenvalue weighted by Gasteiger charge is -2.09. The van der Waals surface area contributed by atoms with E-state index in [2.05, 4.69) is 39.7 Å². The van der Waals surface area contributed by atoms with E-state index >= 15 is 0 Å². The van der Waals surface area contributed by atoms with Crippen LogP contribution in [0.2, 0.25) is 0 Å². The summed E-state index contributed by atoms with van der Waals surface area (Å²) in [6.45, 7) is 4.92. The van der Waals surface area contributed by atoms with Gasteiger partial charge in [-0.1, -0.05) is 12.1 Å². The van der Waals surface area contributed by atoms with Gasteiger partial charge in [0.15, 0.2) is 0 Å². The highest BCUT2D eigenvalue weighted by Crippen LogP contribution is 2.28. The van der Waals surface area contributed by atoms with Crippen LogP contribution in [0, 0.1) is 6.92 Å². The molecule has 20 heavy (non-hydrogen) atoms. The lowest BCUT2D eigenvalue weighted by molar-refractivity contribution is 1.11. The molecule has 5 heteroatoms. The molecule has 0 aliphatic carbocycles. The summed E-state index contributed by atoms with van der Waals surface area (Å²) in [5, 5.41) is 9.65. The Bertz CT molecular complexity index is 736. The molecule has 0 unspecified atom stereocenters. The Morgan fingerprint density at radius 2 is 2.10 bits per heavy atom. The first kappa shape index (κ1) is 12.9. The molecule has 0 radical (unpaired) electrons. The van der Waals surface area contributed by atoms with Gasteiger partial charge >= 0.3 is 0 Å². The van der Waals surface area contributed by atoms with Gasteiger partial charge in [0.25, 0.3) is 0 Å². The second kappa shape index (κ2) is 5.46. The number of nitrogens with zero attached hydrogens (tertiary/aromatic N) is 2. The van der Waals surface area contributed by atoms with E-state index < -0.39 is 0 Å². The van der Waals surface area contributed by atoms with E-state index in [1.165, 1.54) is 5.56 Å². The lowest BCUT2D eigenvalue weighted by Crippen LogP contribution is -2.04. The van der Waals surface area contributed by atoms with Crippen LogP contribution < -0.4 is 10.6 Å². The fourth-order valence-corrected chi connectivity index (χ4v) is 2.81. The molecule has 0 amide bonds. The zero-order valence-corrected chi connectivity index (χ0v) is 12.3. The minimum absolute atomic E-state index is 0.664. The molecule has 0 aliphatic heterocycles. The smallest absolute Gasteiger partial charge is 0.226 e. The lowest BCUT2D eigenvalue weighted by atomic mass is 10.2. The molecule has 0 saturated heterocycles. The molecule has 2 aromatic heterocycles. The first-order valence-electron chi connectivity index (χ1n) is 6.59. The van der Waals surface area contributed by atoms with Crippen LogP contribution in [0.3, 0.4) is 0 Å². The largest absolute Gasteiger partial charge is 0.354 e. The SMILES string of the molecule is CCNc1nc(Nc2cccc(C)c2)c2ccsc2n1. The van der Waals surface area contributed by atoms with Crippen molar-refractivity contribution in [3.63, 3.8) is 0 Å². The summed E-state index contributed by atoms with van der Waals surface area (Å²) in [7, 11) is 0. The maximum atomic E-state index is 4.56. The fraction of sp³-hybridized carbons (Fsp3) is 0.200. The molecule has 0 spiro atoms. The van der Waals surface area contributed by atoms with Gasteiger partial charge in [-0.05, 0) is 43.0 Å². The quantitative estimate of drug-likeness (QED) is 0.754. The minimum Gasteiger partial charge on any atom is -0.354 e. The third-order valence-electron chi connectivity index (χ3n) is 2.94. The van der Waals surface area contributed by atoms with E-state index in [4.69, 9.17) is 0 Å². The predicted octanol–water partition coefficient (Wildman–Crippen LogP) is 4.18. The number of hydrogen-bond donors (Lipinski definition) is 2. The molecule has 3 rings (SSSR count). The normalized spacial score (nSPS) is 10.7. The molecule has 0 fully saturated rings. The number of rotatable bonds is 4. The van der Waals surface area contributed by atoms with Gasteiger partial charge in [0.1, 0.15) is 10.6 Å². The molecule has 0 aliphatic rings. The van der Waals surface area contributed by atoms with Crippen molar-refractivity contribution < 1.29 is 0 Å². The molecular weight excluding hydrogens is 268 g/mol. The highest BCUT2D eigenvalue weighted by atomic mass is 32.1. The average molecular weight is 284 g/mol. The van der Waals surface area contributed by atoms with Crippen molar-refractivity contribution in [2.75, 3.05) is 17.2 Å². The van der Waals surface area contributed by atoms with Crippen LogP contribution >= 0.6 is 11.3 Å². The zero-order chi connectivity index (χ0) is 13.9. The Morgan fingerprint density at radius 3 is 2.90 bits per heavy atom. The molecule has 1 aromatic carbocycles. The molecule has 2 N–H and O–H groups in total. The summed E-state index contributed by atoms with van der Waals surface area (Å²) in [6, 6.07) is 10.3. The number of anilines is 3. The van der Waals surface area contributed by atoms with Crippen molar-refractivity contribution in [3.05, 3.63) is 41.3 Å². The van der Waals surface area contributed by atoms with E-state index in [-0.39, 0.29) is 0 Å². The van der Waals surface area contributed by atoms with Gasteiger partial charge in [0, 0.05) is 12.2 Å². The summed E-state index contributed by atoms with van der Waals surface area (Å²) in [5.41, 5.74) is 2.26. The van der Waals surface area contributed by atoms with Crippen LogP contribution in [-0.2, 0) is 0 Å². The third kappa shape index (κ3) is 2.58. The van der Waals surface area contributed by atoms with E-state index in [1.807, 2.05) is 30.5 Å². The van der Waals surface area contributed by atoms with Crippen LogP contribution in [0.4, 0.5) is 17.5 Å². The van der Waals surface area contributed by atoms with Gasteiger partial charge in [-0.25, -0.2) is 4.98 Å². The van der Waals surface area contributed by atoms with Crippen LogP contribution in [0.15, 0.2) is 35.7 Å². The number of aromatic nitrogens is 2. The highest BCUT2D eigenvalue weighted by molar-refractivity contribution is 7.16. The molecule has 4 nitrogen and oxygen atoms in total. The summed E-state index contributed by atoms with van der Waals surface area (Å²) >= 11 is 1.62. The van der Waals surface area contributed by atoms with Crippen molar-refractivity contribution in [1.82, 2.24) is 9.97 Å². The molecular formula is C15H16N4S. The zero-order valence-electron chi connectivity index (χ0n) is 11.5. The van der Waals surface area contributed by atoms with Gasteiger partial charge in [0.05, 0.1) is 5.39 Å². The van der Waals surface area contributed by atoms with E-state index in [0.29, 0.717) is 5.95 Å². The second-order valence-corrected chi connectivity index (χ2v) is 5.45. The number of fused-ring (bicyclic) bond motifs is 1. The van der Waals surface area contributed by atoms with Crippen molar-refractivity contribution in [2.45, 2.75) is 13.8 Å². The summed E-state index contributed by atoms with van der Waals surface area (Å²) in [5.74, 6) is 1.51.